The first kappa shape index (κ1) is 17.2. The molecule has 0 spiro atoms. The molecule has 1 aromatic carbocycles. The van der Waals surface area contributed by atoms with E-state index >= 15 is 0 Å². The van der Waals surface area contributed by atoms with Gasteiger partial charge in [-0.2, -0.15) is 0 Å². The van der Waals surface area contributed by atoms with Gasteiger partial charge in [0.15, 0.2) is 0 Å². The molecule has 2 rings (SSSR count). The van der Waals surface area contributed by atoms with Crippen molar-refractivity contribution in [2.45, 2.75) is 44.8 Å². The maximum atomic E-state index is 6.24. The van der Waals surface area contributed by atoms with E-state index in [1.165, 1.54) is 9.13 Å². The van der Waals surface area contributed by atoms with E-state index in [1.807, 2.05) is 0 Å². The maximum absolute atomic E-state index is 6.24. The van der Waals surface area contributed by atoms with Gasteiger partial charge in [-0.25, -0.2) is 0 Å². The Balaban J connectivity index is 2.16. The van der Waals surface area contributed by atoms with Gasteiger partial charge in [-0.3, -0.25) is 0 Å². The van der Waals surface area contributed by atoms with E-state index in [9.17, 15) is 0 Å². The van der Waals surface area contributed by atoms with Crippen LogP contribution in [-0.2, 0) is 15.9 Å². The van der Waals surface area contributed by atoms with Crippen LogP contribution in [0.3, 0.4) is 0 Å². The van der Waals surface area contributed by atoms with E-state index < -0.39 is 0 Å². The smallest absolute Gasteiger partial charge is 0.0881 e. The van der Waals surface area contributed by atoms with Gasteiger partial charge in [0.1, 0.15) is 0 Å². The molecule has 1 saturated heterocycles. The number of nitrogens with one attached hydrogen (secondary N) is 1. The van der Waals surface area contributed by atoms with Crippen molar-refractivity contribution >= 4 is 22.6 Å². The van der Waals surface area contributed by atoms with Gasteiger partial charge in [-0.15, -0.1) is 0 Å². The van der Waals surface area contributed by atoms with E-state index in [4.69, 9.17) is 9.47 Å². The summed E-state index contributed by atoms with van der Waals surface area (Å²) in [6, 6.07) is 9.15. The van der Waals surface area contributed by atoms with Gasteiger partial charge in [-0.05, 0) is 60.2 Å². The average molecular weight is 403 g/mol. The minimum absolute atomic E-state index is 0.0913. The standard InChI is InChI=1S/C17H26INO2/c1-3-19-16(13-14-5-7-15(18)8-6-14)17(21-4-2)9-11-20-12-10-17/h5-8,16,19H,3-4,9-13H2,1-2H3. The van der Waals surface area contributed by atoms with Crippen molar-refractivity contribution in [1.82, 2.24) is 5.32 Å². The summed E-state index contributed by atoms with van der Waals surface area (Å²) in [7, 11) is 0. The Labute approximate surface area is 141 Å². The van der Waals surface area contributed by atoms with Crippen LogP contribution in [0, 0.1) is 3.57 Å². The molecule has 21 heavy (non-hydrogen) atoms. The van der Waals surface area contributed by atoms with E-state index in [0.29, 0.717) is 6.04 Å². The third-order valence-electron chi connectivity index (χ3n) is 4.21. The highest BCUT2D eigenvalue weighted by molar-refractivity contribution is 14.1. The van der Waals surface area contributed by atoms with Crippen molar-refractivity contribution in [2.75, 3.05) is 26.4 Å². The monoisotopic (exact) mass is 403 g/mol. The van der Waals surface area contributed by atoms with Gasteiger partial charge in [0, 0.05) is 42.3 Å². The van der Waals surface area contributed by atoms with Gasteiger partial charge < -0.3 is 14.8 Å². The highest BCUT2D eigenvalue weighted by Crippen LogP contribution is 2.31. The molecule has 1 aliphatic rings. The topological polar surface area (TPSA) is 30.5 Å². The first-order valence-corrected chi connectivity index (χ1v) is 8.97. The Morgan fingerprint density at radius 2 is 1.90 bits per heavy atom. The summed E-state index contributed by atoms with van der Waals surface area (Å²) in [4.78, 5) is 0. The average Bonchev–Trinajstić information content (AvgIpc) is 2.50. The lowest BCUT2D eigenvalue weighted by Crippen LogP contribution is -2.56. The van der Waals surface area contributed by atoms with E-state index in [0.717, 1.165) is 45.6 Å². The summed E-state index contributed by atoms with van der Waals surface area (Å²) in [6.45, 7) is 7.58. The van der Waals surface area contributed by atoms with E-state index in [2.05, 4.69) is 66.0 Å². The highest BCUT2D eigenvalue weighted by Gasteiger charge is 2.40. The fourth-order valence-corrected chi connectivity index (χ4v) is 3.50. The van der Waals surface area contributed by atoms with Crippen molar-refractivity contribution < 1.29 is 9.47 Å². The number of rotatable bonds is 7. The summed E-state index contributed by atoms with van der Waals surface area (Å²) < 4.78 is 13.1. The molecule has 0 aromatic heterocycles. The second-order valence-electron chi connectivity index (χ2n) is 5.55. The molecule has 0 saturated carbocycles. The second-order valence-corrected chi connectivity index (χ2v) is 6.80. The fourth-order valence-electron chi connectivity index (χ4n) is 3.14. The SMILES string of the molecule is CCNC(Cc1ccc(I)cc1)C1(OCC)CCOCC1. The number of benzene rings is 1. The van der Waals surface area contributed by atoms with E-state index in [1.54, 1.807) is 0 Å². The quantitative estimate of drug-likeness (QED) is 0.708. The largest absolute Gasteiger partial charge is 0.381 e. The van der Waals surface area contributed by atoms with Crippen LogP contribution in [0.25, 0.3) is 0 Å². The molecule has 1 aromatic rings. The Bertz CT molecular complexity index is 410. The van der Waals surface area contributed by atoms with Crippen molar-refractivity contribution in [1.29, 1.82) is 0 Å². The molecule has 0 bridgehead atoms. The van der Waals surface area contributed by atoms with Crippen molar-refractivity contribution in [2.24, 2.45) is 0 Å². The van der Waals surface area contributed by atoms with Gasteiger partial charge in [-0.1, -0.05) is 19.1 Å². The van der Waals surface area contributed by atoms with Crippen molar-refractivity contribution in [3.8, 4) is 0 Å². The highest BCUT2D eigenvalue weighted by atomic mass is 127. The van der Waals surface area contributed by atoms with Crippen molar-refractivity contribution in [3.63, 3.8) is 0 Å². The number of hydrogen-bond acceptors (Lipinski definition) is 3. The number of likely N-dealkylation sites (N-methyl/N-ethyl adjacent to an activating group) is 1. The van der Waals surface area contributed by atoms with Crippen LogP contribution in [0.1, 0.15) is 32.3 Å². The molecule has 1 heterocycles. The Morgan fingerprint density at radius 3 is 2.48 bits per heavy atom. The molecule has 1 aliphatic heterocycles. The van der Waals surface area contributed by atoms with Crippen LogP contribution in [-0.4, -0.2) is 38.0 Å². The van der Waals surface area contributed by atoms with Gasteiger partial charge >= 0.3 is 0 Å². The lowest BCUT2D eigenvalue weighted by atomic mass is 9.82. The fraction of sp³-hybridized carbons (Fsp3) is 0.647. The van der Waals surface area contributed by atoms with Crippen molar-refractivity contribution in [3.05, 3.63) is 33.4 Å². The summed E-state index contributed by atoms with van der Waals surface area (Å²) >= 11 is 2.35. The normalized spacial score (nSPS) is 19.4. The molecule has 1 atom stereocenters. The molecule has 1 unspecified atom stereocenters. The molecule has 0 amide bonds. The number of ether oxygens (including phenoxy) is 2. The molecule has 0 radical (unpaired) electrons. The molecular formula is C17H26INO2. The Morgan fingerprint density at radius 1 is 1.24 bits per heavy atom. The van der Waals surface area contributed by atoms with E-state index in [-0.39, 0.29) is 5.60 Å². The Hall–Kier alpha value is -0.170. The number of hydrogen-bond donors (Lipinski definition) is 1. The predicted octanol–water partition coefficient (Wildman–Crippen LogP) is 3.40. The van der Waals surface area contributed by atoms with Gasteiger partial charge in [0.2, 0.25) is 0 Å². The minimum atomic E-state index is -0.0913. The molecule has 118 valence electrons. The van der Waals surface area contributed by atoms with Crippen LogP contribution < -0.4 is 5.32 Å². The van der Waals surface area contributed by atoms with Crippen LogP contribution in [0.2, 0.25) is 0 Å². The van der Waals surface area contributed by atoms with Crippen LogP contribution in [0.15, 0.2) is 24.3 Å². The lowest BCUT2D eigenvalue weighted by molar-refractivity contribution is -0.126. The third-order valence-corrected chi connectivity index (χ3v) is 4.93. The Kier molecular flexibility index (Phi) is 6.92. The molecule has 1 fully saturated rings. The maximum Gasteiger partial charge on any atom is 0.0881 e. The second kappa shape index (κ2) is 8.46. The zero-order chi connectivity index (χ0) is 15.1. The van der Waals surface area contributed by atoms with Crippen LogP contribution in [0.5, 0.6) is 0 Å². The summed E-state index contributed by atoms with van der Waals surface area (Å²) in [5.41, 5.74) is 1.28. The van der Waals surface area contributed by atoms with Gasteiger partial charge in [0.05, 0.1) is 5.60 Å². The summed E-state index contributed by atoms with van der Waals surface area (Å²) in [6.07, 6.45) is 2.95. The number of halogens is 1. The molecule has 1 N–H and O–H groups in total. The minimum Gasteiger partial charge on any atom is -0.381 e. The first-order valence-electron chi connectivity index (χ1n) is 7.89. The summed E-state index contributed by atoms with van der Waals surface area (Å²) in [5.74, 6) is 0. The first-order chi connectivity index (χ1) is 10.2. The van der Waals surface area contributed by atoms with Gasteiger partial charge in [0.25, 0.3) is 0 Å². The van der Waals surface area contributed by atoms with Crippen LogP contribution >= 0.6 is 22.6 Å². The molecule has 0 aliphatic carbocycles. The molecule has 4 heteroatoms. The molecule has 3 nitrogen and oxygen atoms in total. The zero-order valence-electron chi connectivity index (χ0n) is 13.0. The predicted molar refractivity (Wildman–Crippen MR) is 94.7 cm³/mol. The zero-order valence-corrected chi connectivity index (χ0v) is 15.2. The summed E-state index contributed by atoms with van der Waals surface area (Å²) in [5, 5.41) is 3.66. The lowest BCUT2D eigenvalue weighted by Gasteiger charge is -2.43. The molecular weight excluding hydrogens is 377 g/mol. The van der Waals surface area contributed by atoms with Crippen LogP contribution in [0.4, 0.5) is 0 Å². The third kappa shape index (κ3) is 4.65.